The van der Waals surface area contributed by atoms with Crippen molar-refractivity contribution in [2.24, 2.45) is 0 Å². The summed E-state index contributed by atoms with van der Waals surface area (Å²) in [6, 6.07) is 5.09. The number of benzene rings is 1. The van der Waals surface area contributed by atoms with E-state index in [0.717, 1.165) is 12.3 Å². The van der Waals surface area contributed by atoms with E-state index in [0.29, 0.717) is 37.4 Å². The number of carbonyl (C=O) groups is 1. The van der Waals surface area contributed by atoms with Crippen LogP contribution in [0, 0.1) is 5.82 Å². The van der Waals surface area contributed by atoms with Gasteiger partial charge in [-0.1, -0.05) is 0 Å². The molecule has 0 bridgehead atoms. The molecule has 1 amide bonds. The molecule has 0 atom stereocenters. The Hall–Kier alpha value is -3.67. The van der Waals surface area contributed by atoms with Crippen molar-refractivity contribution in [3.05, 3.63) is 59.3 Å². The largest absolute Gasteiger partial charge is 0.454 e. The molecule has 1 aromatic carbocycles. The third kappa shape index (κ3) is 4.90. The van der Waals surface area contributed by atoms with Crippen molar-refractivity contribution in [2.45, 2.75) is 24.9 Å². The molecule has 1 aliphatic heterocycles. The molecule has 1 fully saturated rings. The van der Waals surface area contributed by atoms with Crippen molar-refractivity contribution in [3.8, 4) is 11.5 Å². The lowest BCUT2D eigenvalue weighted by molar-refractivity contribution is -0.141. The number of hydrogen-bond donors (Lipinski definition) is 3. The number of hydrogen-bond acceptors (Lipinski definition) is 6. The molecule has 12 heteroatoms. The van der Waals surface area contributed by atoms with Crippen LogP contribution in [-0.4, -0.2) is 34.3 Å². The molecule has 4 rings (SSSR count). The first-order valence-electron chi connectivity index (χ1n) is 9.95. The normalized spacial score (nSPS) is 14.8. The van der Waals surface area contributed by atoms with Crippen LogP contribution < -0.4 is 15.8 Å². The maximum Gasteiger partial charge on any atom is 0.433 e. The number of nitrogens with zero attached hydrogens (tertiary/aromatic N) is 2. The Morgan fingerprint density at radius 2 is 1.97 bits per heavy atom. The van der Waals surface area contributed by atoms with Gasteiger partial charge in [0.2, 0.25) is 0 Å². The van der Waals surface area contributed by atoms with Gasteiger partial charge in [0.05, 0.1) is 11.8 Å². The van der Waals surface area contributed by atoms with Crippen molar-refractivity contribution in [2.75, 3.05) is 24.3 Å². The van der Waals surface area contributed by atoms with Crippen molar-refractivity contribution in [3.63, 3.8) is 0 Å². The van der Waals surface area contributed by atoms with E-state index < -0.39 is 29.2 Å². The second kappa shape index (κ2) is 9.06. The highest BCUT2D eigenvalue weighted by molar-refractivity contribution is 6.05. The Kier molecular flexibility index (Phi) is 6.18. The fraction of sp³-hybridized carbons (Fsp3) is 0.286. The molecule has 0 spiro atoms. The molecule has 174 valence electrons. The number of amides is 1. The number of pyridine rings is 1. The zero-order valence-corrected chi connectivity index (χ0v) is 17.1. The molecule has 1 saturated heterocycles. The Morgan fingerprint density at radius 3 is 2.67 bits per heavy atom. The van der Waals surface area contributed by atoms with Crippen molar-refractivity contribution < 1.29 is 31.8 Å². The van der Waals surface area contributed by atoms with Gasteiger partial charge < -0.3 is 20.5 Å². The van der Waals surface area contributed by atoms with Gasteiger partial charge in [-0.3, -0.25) is 9.89 Å². The number of aromatic nitrogens is 3. The number of rotatable bonds is 5. The Bertz CT molecular complexity index is 1160. The zero-order chi connectivity index (χ0) is 23.6. The third-order valence-electron chi connectivity index (χ3n) is 5.19. The lowest BCUT2D eigenvalue weighted by Crippen LogP contribution is -2.18. The molecule has 0 saturated carbocycles. The smallest absolute Gasteiger partial charge is 0.433 e. The molecule has 2 aromatic heterocycles. The van der Waals surface area contributed by atoms with Crippen LogP contribution in [0.5, 0.6) is 11.5 Å². The average Bonchev–Trinajstić information content (AvgIpc) is 3.27. The van der Waals surface area contributed by atoms with Gasteiger partial charge in [0.1, 0.15) is 11.6 Å². The second-order valence-corrected chi connectivity index (χ2v) is 7.35. The highest BCUT2D eigenvalue weighted by Crippen LogP contribution is 2.39. The van der Waals surface area contributed by atoms with Crippen LogP contribution in [0.15, 0.2) is 36.7 Å². The molecule has 3 heterocycles. The summed E-state index contributed by atoms with van der Waals surface area (Å²) in [6.45, 7) is 1.13. The number of alkyl halides is 3. The van der Waals surface area contributed by atoms with Gasteiger partial charge in [-0.2, -0.15) is 18.3 Å². The van der Waals surface area contributed by atoms with E-state index in [1.165, 1.54) is 18.3 Å². The van der Waals surface area contributed by atoms with Crippen molar-refractivity contribution in [1.29, 1.82) is 0 Å². The van der Waals surface area contributed by atoms with Crippen LogP contribution in [0.2, 0.25) is 0 Å². The Balaban J connectivity index is 1.53. The number of carbonyl (C=O) groups excluding carboxylic acids is 1. The minimum absolute atomic E-state index is 0.0434. The van der Waals surface area contributed by atoms with E-state index in [2.05, 4.69) is 15.4 Å². The number of aromatic amines is 1. The number of anilines is 2. The SMILES string of the molecule is Nc1nccc(Oc2ccc(NC(=O)c3cn[nH]c3C(F)(F)F)cc2F)c1C1CCOCC1. The predicted octanol–water partition coefficient (Wildman–Crippen LogP) is 4.48. The molecule has 0 radical (unpaired) electrons. The van der Waals surface area contributed by atoms with Gasteiger partial charge in [0.25, 0.3) is 5.91 Å². The van der Waals surface area contributed by atoms with Gasteiger partial charge in [-0.25, -0.2) is 9.37 Å². The summed E-state index contributed by atoms with van der Waals surface area (Å²) in [4.78, 5) is 16.3. The van der Waals surface area contributed by atoms with Gasteiger partial charge in [0.15, 0.2) is 17.3 Å². The summed E-state index contributed by atoms with van der Waals surface area (Å²) >= 11 is 0. The van der Waals surface area contributed by atoms with Crippen LogP contribution in [0.25, 0.3) is 0 Å². The molecule has 4 N–H and O–H groups in total. The fourth-order valence-electron chi connectivity index (χ4n) is 3.61. The first-order valence-corrected chi connectivity index (χ1v) is 9.95. The number of nitrogen functional groups attached to an aromatic ring is 1. The molecule has 3 aromatic rings. The molecule has 0 aliphatic carbocycles. The number of nitrogens with one attached hydrogen (secondary N) is 2. The minimum atomic E-state index is -4.79. The standard InChI is InChI=1S/C21H19F4N5O3/c22-14-9-12(29-20(31)13-10-28-30-18(13)21(23,24)25)1-2-15(14)33-16-3-6-27-19(26)17(16)11-4-7-32-8-5-11/h1-3,6,9-11H,4-5,7-8H2,(H2,26,27)(H,28,30)(H,29,31). The van der Waals surface area contributed by atoms with E-state index in [1.807, 2.05) is 0 Å². The molecule has 33 heavy (non-hydrogen) atoms. The van der Waals surface area contributed by atoms with Crippen LogP contribution in [0.3, 0.4) is 0 Å². The van der Waals surface area contributed by atoms with Crippen LogP contribution in [-0.2, 0) is 10.9 Å². The lowest BCUT2D eigenvalue weighted by atomic mass is 9.91. The van der Waals surface area contributed by atoms with E-state index in [1.54, 1.807) is 11.2 Å². The Labute approximate surface area is 185 Å². The molecular weight excluding hydrogens is 446 g/mol. The third-order valence-corrected chi connectivity index (χ3v) is 5.19. The topological polar surface area (TPSA) is 115 Å². The summed E-state index contributed by atoms with van der Waals surface area (Å²) < 4.78 is 64.7. The minimum Gasteiger partial charge on any atom is -0.454 e. The average molecular weight is 465 g/mol. The van der Waals surface area contributed by atoms with E-state index in [-0.39, 0.29) is 23.2 Å². The molecule has 8 nitrogen and oxygen atoms in total. The summed E-state index contributed by atoms with van der Waals surface area (Å²) in [5.41, 5.74) is 4.65. The quantitative estimate of drug-likeness (QED) is 0.479. The van der Waals surface area contributed by atoms with Gasteiger partial charge >= 0.3 is 6.18 Å². The second-order valence-electron chi connectivity index (χ2n) is 7.35. The maximum atomic E-state index is 14.7. The summed E-state index contributed by atoms with van der Waals surface area (Å²) in [6.07, 6.45) is -1.16. The van der Waals surface area contributed by atoms with Crippen molar-refractivity contribution >= 4 is 17.4 Å². The van der Waals surface area contributed by atoms with Crippen LogP contribution in [0.4, 0.5) is 29.1 Å². The van der Waals surface area contributed by atoms with E-state index in [4.69, 9.17) is 15.2 Å². The fourth-order valence-corrected chi connectivity index (χ4v) is 3.61. The first-order chi connectivity index (χ1) is 15.7. The summed E-state index contributed by atoms with van der Waals surface area (Å²) in [7, 11) is 0. The molecular formula is C21H19F4N5O3. The highest BCUT2D eigenvalue weighted by Gasteiger charge is 2.37. The lowest BCUT2D eigenvalue weighted by Gasteiger charge is -2.25. The monoisotopic (exact) mass is 465 g/mol. The zero-order valence-electron chi connectivity index (χ0n) is 17.1. The van der Waals surface area contributed by atoms with Gasteiger partial charge in [-0.05, 0) is 37.0 Å². The first kappa shape index (κ1) is 22.5. The van der Waals surface area contributed by atoms with Crippen LogP contribution in [0.1, 0.15) is 40.4 Å². The summed E-state index contributed by atoms with van der Waals surface area (Å²) in [5, 5.41) is 7.23. The molecule has 0 unspecified atom stereocenters. The molecule has 1 aliphatic rings. The number of ether oxygens (including phenoxy) is 2. The maximum absolute atomic E-state index is 14.7. The van der Waals surface area contributed by atoms with Gasteiger partial charge in [0, 0.05) is 36.7 Å². The number of halogens is 4. The van der Waals surface area contributed by atoms with E-state index in [9.17, 15) is 22.4 Å². The summed E-state index contributed by atoms with van der Waals surface area (Å²) in [5.74, 6) is -1.40. The van der Waals surface area contributed by atoms with E-state index >= 15 is 0 Å². The highest BCUT2D eigenvalue weighted by atomic mass is 19.4. The number of H-pyrrole nitrogens is 1. The van der Waals surface area contributed by atoms with Crippen molar-refractivity contribution in [1.82, 2.24) is 15.2 Å². The van der Waals surface area contributed by atoms with Gasteiger partial charge in [-0.15, -0.1) is 0 Å². The predicted molar refractivity (Wildman–Crippen MR) is 109 cm³/mol. The Morgan fingerprint density at radius 1 is 1.21 bits per heavy atom. The number of nitrogens with two attached hydrogens (primary N) is 1. The van der Waals surface area contributed by atoms with Crippen LogP contribution >= 0.6 is 0 Å².